The average molecular weight is 377 g/mol. The molecule has 11 heteroatoms. The van der Waals surface area contributed by atoms with Crippen molar-refractivity contribution in [2.45, 2.75) is 63.6 Å². The number of carbonyl (C=O) groups is 1. The van der Waals surface area contributed by atoms with Gasteiger partial charge < -0.3 is 20.1 Å². The van der Waals surface area contributed by atoms with Gasteiger partial charge in [0.25, 0.3) is 10.2 Å². The van der Waals surface area contributed by atoms with Crippen LogP contribution in [0.25, 0.3) is 0 Å². The minimum absolute atomic E-state index is 0.00496. The molecule has 0 radical (unpaired) electrons. The van der Waals surface area contributed by atoms with E-state index in [-0.39, 0.29) is 20.2 Å². The standard InChI is InChI=1S/C14H28BN3O6S/c1-12(2)13(3,4)24-15(23-12)7-5-6-10-8-18(25(17,21)22)9-14(10,16)11(19)20/h10H,5-9,16H2,1-4H3,(H,19,20)(H2,17,21,22)/t10-,14-/m0/s1. The molecule has 0 aliphatic carbocycles. The summed E-state index contributed by atoms with van der Waals surface area (Å²) in [6.45, 7) is 7.53. The van der Waals surface area contributed by atoms with Gasteiger partial charge in [-0.3, -0.25) is 4.79 Å². The highest BCUT2D eigenvalue weighted by atomic mass is 32.2. The molecule has 0 aromatic heterocycles. The van der Waals surface area contributed by atoms with Gasteiger partial charge in [0.05, 0.1) is 11.2 Å². The minimum atomic E-state index is -3.97. The molecule has 0 unspecified atom stereocenters. The van der Waals surface area contributed by atoms with Crippen LogP contribution in [0.2, 0.25) is 6.32 Å². The van der Waals surface area contributed by atoms with Crippen LogP contribution in [0.5, 0.6) is 0 Å². The Kier molecular flexibility index (Phi) is 5.33. The van der Waals surface area contributed by atoms with Crippen molar-refractivity contribution in [3.05, 3.63) is 0 Å². The molecule has 2 atom stereocenters. The molecule has 5 N–H and O–H groups in total. The molecule has 0 spiro atoms. The average Bonchev–Trinajstić information content (AvgIpc) is 2.85. The van der Waals surface area contributed by atoms with Crippen molar-refractivity contribution in [3.63, 3.8) is 0 Å². The van der Waals surface area contributed by atoms with E-state index in [1.165, 1.54) is 0 Å². The van der Waals surface area contributed by atoms with E-state index in [1.54, 1.807) is 0 Å². The lowest BCUT2D eigenvalue weighted by molar-refractivity contribution is -0.144. The molecule has 0 bridgehead atoms. The Morgan fingerprint density at radius 2 is 1.80 bits per heavy atom. The van der Waals surface area contributed by atoms with Crippen molar-refractivity contribution in [3.8, 4) is 0 Å². The number of nitrogens with zero attached hydrogens (tertiary/aromatic N) is 1. The van der Waals surface area contributed by atoms with Crippen LogP contribution in [0, 0.1) is 5.92 Å². The zero-order chi connectivity index (χ0) is 19.3. The number of carboxylic acids is 1. The SMILES string of the molecule is CC1(C)OB(CCC[C@H]2CN(S(N)(=O)=O)C[C@@]2(N)C(=O)O)OC1(C)C. The normalized spacial score (nSPS) is 32.2. The van der Waals surface area contributed by atoms with Gasteiger partial charge in [-0.2, -0.15) is 12.7 Å². The van der Waals surface area contributed by atoms with Crippen LogP contribution < -0.4 is 10.9 Å². The Labute approximate surface area is 149 Å². The van der Waals surface area contributed by atoms with Crippen molar-refractivity contribution >= 4 is 23.3 Å². The highest BCUT2D eigenvalue weighted by Gasteiger charge is 2.53. The quantitative estimate of drug-likeness (QED) is 0.542. The van der Waals surface area contributed by atoms with Gasteiger partial charge in [0.1, 0.15) is 5.54 Å². The van der Waals surface area contributed by atoms with Crippen LogP contribution >= 0.6 is 0 Å². The Morgan fingerprint density at radius 3 is 2.24 bits per heavy atom. The summed E-state index contributed by atoms with van der Waals surface area (Å²) in [5.74, 6) is -1.75. The van der Waals surface area contributed by atoms with E-state index in [2.05, 4.69) is 0 Å². The zero-order valence-corrected chi connectivity index (χ0v) is 16.0. The number of carboxylic acid groups (broad SMARTS) is 1. The smallest absolute Gasteiger partial charge is 0.457 e. The van der Waals surface area contributed by atoms with Crippen LogP contribution in [0.1, 0.15) is 40.5 Å². The highest BCUT2D eigenvalue weighted by molar-refractivity contribution is 7.86. The Bertz CT molecular complexity index is 624. The van der Waals surface area contributed by atoms with Gasteiger partial charge in [0, 0.05) is 19.0 Å². The molecule has 25 heavy (non-hydrogen) atoms. The zero-order valence-electron chi connectivity index (χ0n) is 15.2. The third-order valence-corrected chi connectivity index (χ3v) is 6.64. The van der Waals surface area contributed by atoms with E-state index < -0.39 is 38.8 Å². The molecular formula is C14H28BN3O6S. The first kappa shape index (κ1) is 20.6. The second-order valence-electron chi connectivity index (χ2n) is 8.00. The van der Waals surface area contributed by atoms with Crippen LogP contribution in [0.4, 0.5) is 0 Å². The molecule has 0 amide bonds. The third-order valence-electron chi connectivity index (χ3n) is 5.64. The molecule has 2 aliphatic rings. The molecule has 2 heterocycles. The van der Waals surface area contributed by atoms with Crippen LogP contribution in [0.15, 0.2) is 0 Å². The van der Waals surface area contributed by atoms with E-state index >= 15 is 0 Å². The summed E-state index contributed by atoms with van der Waals surface area (Å²) in [5, 5.41) is 14.6. The maximum absolute atomic E-state index is 11.6. The van der Waals surface area contributed by atoms with Gasteiger partial charge in [-0.15, -0.1) is 0 Å². The molecular weight excluding hydrogens is 349 g/mol. The third kappa shape index (κ3) is 4.01. The van der Waals surface area contributed by atoms with E-state index in [1.807, 2.05) is 27.7 Å². The second kappa shape index (κ2) is 6.47. The van der Waals surface area contributed by atoms with Gasteiger partial charge in [0.15, 0.2) is 0 Å². The van der Waals surface area contributed by atoms with Crippen molar-refractivity contribution in [2.75, 3.05) is 13.1 Å². The molecule has 0 aromatic rings. The lowest BCUT2D eigenvalue weighted by Gasteiger charge is -2.32. The van der Waals surface area contributed by atoms with E-state index in [0.29, 0.717) is 19.2 Å². The summed E-state index contributed by atoms with van der Waals surface area (Å²) in [7, 11) is -4.35. The molecule has 0 aromatic carbocycles. The van der Waals surface area contributed by atoms with Gasteiger partial charge in [0.2, 0.25) is 0 Å². The van der Waals surface area contributed by atoms with Gasteiger partial charge in [-0.1, -0.05) is 6.42 Å². The lowest BCUT2D eigenvalue weighted by atomic mass is 9.78. The van der Waals surface area contributed by atoms with Crippen molar-refractivity contribution < 1.29 is 27.6 Å². The summed E-state index contributed by atoms with van der Waals surface area (Å²) in [4.78, 5) is 11.6. The van der Waals surface area contributed by atoms with E-state index in [4.69, 9.17) is 20.2 Å². The fourth-order valence-corrected chi connectivity index (χ4v) is 4.07. The summed E-state index contributed by atoms with van der Waals surface area (Å²) >= 11 is 0. The first-order valence-electron chi connectivity index (χ1n) is 8.35. The number of hydrogen-bond donors (Lipinski definition) is 3. The van der Waals surface area contributed by atoms with Crippen LogP contribution in [-0.2, 0) is 24.3 Å². The number of rotatable bonds is 6. The topological polar surface area (TPSA) is 145 Å². The monoisotopic (exact) mass is 377 g/mol. The van der Waals surface area contributed by atoms with Crippen molar-refractivity contribution in [1.29, 1.82) is 0 Å². The Hall–Kier alpha value is -0.715. The van der Waals surface area contributed by atoms with Crippen molar-refractivity contribution in [1.82, 2.24) is 4.31 Å². The summed E-state index contributed by atoms with van der Waals surface area (Å²) in [5.41, 5.74) is 3.51. The first-order valence-corrected chi connectivity index (χ1v) is 9.85. The number of nitrogens with two attached hydrogens (primary N) is 2. The van der Waals surface area contributed by atoms with Crippen molar-refractivity contribution in [2.24, 2.45) is 16.8 Å². The maximum atomic E-state index is 11.6. The van der Waals surface area contributed by atoms with Gasteiger partial charge in [-0.05, 0) is 40.4 Å². The summed E-state index contributed by atoms with van der Waals surface area (Å²) in [6.07, 6.45) is 1.62. The van der Waals surface area contributed by atoms with Crippen LogP contribution in [-0.4, -0.2) is 60.7 Å². The minimum Gasteiger partial charge on any atom is -0.480 e. The predicted octanol–water partition coefficient (Wildman–Crippen LogP) is -0.224. The Morgan fingerprint density at radius 1 is 1.28 bits per heavy atom. The number of aliphatic carboxylic acids is 1. The summed E-state index contributed by atoms with van der Waals surface area (Å²) < 4.78 is 35.8. The molecule has 144 valence electrons. The lowest BCUT2D eigenvalue weighted by Crippen LogP contribution is -2.55. The molecule has 2 fully saturated rings. The predicted molar refractivity (Wildman–Crippen MR) is 92.8 cm³/mol. The largest absolute Gasteiger partial charge is 0.480 e. The van der Waals surface area contributed by atoms with E-state index in [0.717, 1.165) is 4.31 Å². The fourth-order valence-electron chi connectivity index (χ4n) is 3.29. The molecule has 2 saturated heterocycles. The highest BCUT2D eigenvalue weighted by Crippen LogP contribution is 2.39. The summed E-state index contributed by atoms with van der Waals surface area (Å²) in [6, 6.07) is 0. The Balaban J connectivity index is 1.96. The van der Waals surface area contributed by atoms with Gasteiger partial charge >= 0.3 is 13.1 Å². The first-order chi connectivity index (χ1) is 11.2. The number of hydrogen-bond acceptors (Lipinski definition) is 6. The maximum Gasteiger partial charge on any atom is 0.457 e. The molecule has 2 rings (SSSR count). The molecule has 9 nitrogen and oxygen atoms in total. The second-order valence-corrected chi connectivity index (χ2v) is 9.54. The molecule has 2 aliphatic heterocycles. The molecule has 0 saturated carbocycles. The fraction of sp³-hybridized carbons (Fsp3) is 0.929. The van der Waals surface area contributed by atoms with Gasteiger partial charge in [-0.25, -0.2) is 5.14 Å². The van der Waals surface area contributed by atoms with Crippen LogP contribution in [0.3, 0.4) is 0 Å². The van der Waals surface area contributed by atoms with E-state index in [9.17, 15) is 18.3 Å².